The van der Waals surface area contributed by atoms with Crippen LogP contribution in [0, 0.1) is 5.92 Å². The number of carbonyl (C=O) groups excluding carboxylic acids is 1. The molecule has 0 aliphatic heterocycles. The summed E-state index contributed by atoms with van der Waals surface area (Å²) in [6.45, 7) is 7.24. The van der Waals surface area contributed by atoms with Crippen LogP contribution in [-0.4, -0.2) is 12.6 Å². The van der Waals surface area contributed by atoms with Gasteiger partial charge in [0.05, 0.1) is 12.5 Å². The topological polar surface area (TPSA) is 26.3 Å². The van der Waals surface area contributed by atoms with Gasteiger partial charge in [-0.2, -0.15) is 0 Å². The van der Waals surface area contributed by atoms with Gasteiger partial charge in [0, 0.05) is 0 Å². The van der Waals surface area contributed by atoms with Gasteiger partial charge in [0.2, 0.25) is 0 Å². The molecule has 0 aromatic carbocycles. The zero-order chi connectivity index (χ0) is 25.7. The Morgan fingerprint density at radius 2 is 0.743 bits per heavy atom. The van der Waals surface area contributed by atoms with Crippen molar-refractivity contribution in [2.24, 2.45) is 5.92 Å². The number of unbranched alkanes of at least 4 members (excludes halogenated alkanes) is 24. The lowest BCUT2D eigenvalue weighted by molar-refractivity contribution is -0.148. The predicted molar refractivity (Wildman–Crippen MR) is 156 cm³/mol. The predicted octanol–water partition coefficient (Wildman–Crippen LogP) is 11.7. The fourth-order valence-corrected chi connectivity index (χ4v) is 5.02. The summed E-state index contributed by atoms with van der Waals surface area (Å²) in [5, 5.41) is 0. The van der Waals surface area contributed by atoms with E-state index in [1.165, 1.54) is 161 Å². The first-order valence-electron chi connectivity index (χ1n) is 16.4. The molecule has 0 radical (unpaired) electrons. The van der Waals surface area contributed by atoms with Gasteiger partial charge in [0.1, 0.15) is 0 Å². The highest BCUT2D eigenvalue weighted by atomic mass is 16.5. The van der Waals surface area contributed by atoms with E-state index in [2.05, 4.69) is 13.8 Å². The highest BCUT2D eigenvalue weighted by Crippen LogP contribution is 2.16. The van der Waals surface area contributed by atoms with E-state index in [0.29, 0.717) is 6.61 Å². The summed E-state index contributed by atoms with van der Waals surface area (Å²) in [5.41, 5.74) is 0. The number of esters is 1. The Morgan fingerprint density at radius 1 is 0.457 bits per heavy atom. The first-order chi connectivity index (χ1) is 17.2. The molecule has 2 heteroatoms. The maximum absolute atomic E-state index is 12.2. The molecule has 0 aliphatic rings. The Kier molecular flexibility index (Phi) is 29.2. The van der Waals surface area contributed by atoms with E-state index in [9.17, 15) is 4.79 Å². The van der Waals surface area contributed by atoms with Gasteiger partial charge >= 0.3 is 5.97 Å². The summed E-state index contributed by atoms with van der Waals surface area (Å²) < 4.78 is 5.53. The van der Waals surface area contributed by atoms with Crippen molar-refractivity contribution in [3.05, 3.63) is 0 Å². The quantitative estimate of drug-likeness (QED) is 0.0763. The molecule has 0 aromatic heterocycles. The van der Waals surface area contributed by atoms with Crippen molar-refractivity contribution in [3.63, 3.8) is 0 Å². The van der Waals surface area contributed by atoms with E-state index >= 15 is 0 Å². The highest BCUT2D eigenvalue weighted by molar-refractivity contribution is 5.71. The normalized spacial score (nSPS) is 12.2. The molecule has 1 unspecified atom stereocenters. The number of hydrogen-bond donors (Lipinski definition) is 0. The van der Waals surface area contributed by atoms with E-state index in [-0.39, 0.29) is 11.9 Å². The minimum absolute atomic E-state index is 0.0303. The van der Waals surface area contributed by atoms with Crippen LogP contribution < -0.4 is 0 Å². The Labute approximate surface area is 222 Å². The number of carbonyl (C=O) groups is 1. The molecule has 0 rings (SSSR count). The molecule has 0 saturated carbocycles. The Morgan fingerprint density at radius 3 is 1.09 bits per heavy atom. The van der Waals surface area contributed by atoms with Crippen molar-refractivity contribution in [1.82, 2.24) is 0 Å². The summed E-state index contributed by atoms with van der Waals surface area (Å²) in [4.78, 5) is 12.2. The molecule has 210 valence electrons. The molecule has 0 amide bonds. The van der Waals surface area contributed by atoms with Gasteiger partial charge in [-0.05, 0) is 12.8 Å². The molecular formula is C33H66O2. The van der Waals surface area contributed by atoms with E-state index in [0.717, 1.165) is 12.8 Å². The van der Waals surface area contributed by atoms with Gasteiger partial charge in [-0.1, -0.05) is 181 Å². The van der Waals surface area contributed by atoms with Crippen molar-refractivity contribution >= 4 is 5.97 Å². The van der Waals surface area contributed by atoms with Crippen molar-refractivity contribution in [1.29, 1.82) is 0 Å². The molecule has 0 fully saturated rings. The zero-order valence-corrected chi connectivity index (χ0v) is 24.7. The van der Waals surface area contributed by atoms with Crippen molar-refractivity contribution < 1.29 is 9.53 Å². The lowest BCUT2D eigenvalue weighted by Gasteiger charge is -2.11. The van der Waals surface area contributed by atoms with Crippen LogP contribution in [0.2, 0.25) is 0 Å². The SMILES string of the molecule is CCCCCCCCCCCCCCCCOC(=O)C(C)CCCCCCCCCCCCCC. The molecule has 0 saturated heterocycles. The summed E-state index contributed by atoms with van der Waals surface area (Å²) in [5.74, 6) is 0.104. The molecule has 0 bridgehead atoms. The van der Waals surface area contributed by atoms with Crippen molar-refractivity contribution in [2.75, 3.05) is 6.61 Å². The Balaban J connectivity index is 3.28. The van der Waals surface area contributed by atoms with Gasteiger partial charge in [-0.25, -0.2) is 0 Å². The van der Waals surface area contributed by atoms with Crippen molar-refractivity contribution in [3.8, 4) is 0 Å². The minimum atomic E-state index is 0.0303. The summed E-state index contributed by atoms with van der Waals surface area (Å²) in [7, 11) is 0. The van der Waals surface area contributed by atoms with Crippen LogP contribution >= 0.6 is 0 Å². The molecule has 2 nitrogen and oxygen atoms in total. The Bertz CT molecular complexity index is 406. The first kappa shape index (κ1) is 34.5. The zero-order valence-electron chi connectivity index (χ0n) is 24.7. The summed E-state index contributed by atoms with van der Waals surface area (Å²) in [6, 6.07) is 0. The van der Waals surface area contributed by atoms with Crippen LogP contribution in [0.4, 0.5) is 0 Å². The average Bonchev–Trinajstić information content (AvgIpc) is 2.86. The third-order valence-corrected chi connectivity index (χ3v) is 7.64. The standard InChI is InChI=1S/C33H66O2/c1-4-6-8-10-12-14-16-18-19-21-23-25-27-29-31-35-33(34)32(3)30-28-26-24-22-20-17-15-13-11-9-7-5-2/h32H,4-31H2,1-3H3. The molecule has 35 heavy (non-hydrogen) atoms. The van der Waals surface area contributed by atoms with E-state index in [4.69, 9.17) is 4.74 Å². The molecule has 0 heterocycles. The van der Waals surface area contributed by atoms with Crippen LogP contribution in [-0.2, 0) is 9.53 Å². The number of rotatable bonds is 29. The fraction of sp³-hybridized carbons (Fsp3) is 0.970. The van der Waals surface area contributed by atoms with Crippen LogP contribution in [0.1, 0.15) is 194 Å². The Hall–Kier alpha value is -0.530. The van der Waals surface area contributed by atoms with Gasteiger partial charge < -0.3 is 4.74 Å². The second kappa shape index (κ2) is 29.7. The largest absolute Gasteiger partial charge is 0.465 e. The summed E-state index contributed by atoms with van der Waals surface area (Å²) in [6.07, 6.45) is 36.4. The first-order valence-corrected chi connectivity index (χ1v) is 16.4. The third kappa shape index (κ3) is 27.9. The monoisotopic (exact) mass is 495 g/mol. The fourth-order valence-electron chi connectivity index (χ4n) is 5.02. The molecule has 0 aliphatic carbocycles. The van der Waals surface area contributed by atoms with Gasteiger partial charge in [-0.3, -0.25) is 4.79 Å². The minimum Gasteiger partial charge on any atom is -0.465 e. The van der Waals surface area contributed by atoms with Gasteiger partial charge in [0.15, 0.2) is 0 Å². The van der Waals surface area contributed by atoms with Crippen LogP contribution in [0.25, 0.3) is 0 Å². The molecule has 0 spiro atoms. The molecule has 0 N–H and O–H groups in total. The summed E-state index contributed by atoms with van der Waals surface area (Å²) >= 11 is 0. The number of ether oxygens (including phenoxy) is 1. The van der Waals surface area contributed by atoms with Crippen LogP contribution in [0.5, 0.6) is 0 Å². The van der Waals surface area contributed by atoms with E-state index < -0.39 is 0 Å². The van der Waals surface area contributed by atoms with Crippen LogP contribution in [0.15, 0.2) is 0 Å². The number of hydrogen-bond acceptors (Lipinski definition) is 2. The smallest absolute Gasteiger partial charge is 0.308 e. The lowest BCUT2D eigenvalue weighted by atomic mass is 10.0. The maximum Gasteiger partial charge on any atom is 0.308 e. The van der Waals surface area contributed by atoms with Crippen molar-refractivity contribution in [2.45, 2.75) is 194 Å². The third-order valence-electron chi connectivity index (χ3n) is 7.64. The molecule has 0 aromatic rings. The highest BCUT2D eigenvalue weighted by Gasteiger charge is 2.13. The lowest BCUT2D eigenvalue weighted by Crippen LogP contribution is -2.15. The molecule has 1 atom stereocenters. The van der Waals surface area contributed by atoms with Crippen LogP contribution in [0.3, 0.4) is 0 Å². The molecular weight excluding hydrogens is 428 g/mol. The second-order valence-corrected chi connectivity index (χ2v) is 11.3. The maximum atomic E-state index is 12.2. The second-order valence-electron chi connectivity index (χ2n) is 11.3. The average molecular weight is 495 g/mol. The van der Waals surface area contributed by atoms with Gasteiger partial charge in [0.25, 0.3) is 0 Å². The van der Waals surface area contributed by atoms with E-state index in [1.54, 1.807) is 0 Å². The van der Waals surface area contributed by atoms with E-state index in [1.807, 2.05) is 6.92 Å². The van der Waals surface area contributed by atoms with Gasteiger partial charge in [-0.15, -0.1) is 0 Å².